The van der Waals surface area contributed by atoms with Crippen LogP contribution in [0.2, 0.25) is 0 Å². The Kier molecular flexibility index (Phi) is 7.12. The van der Waals surface area contributed by atoms with Crippen molar-refractivity contribution in [1.82, 2.24) is 4.98 Å². The lowest BCUT2D eigenvalue weighted by molar-refractivity contribution is 0.0728. The number of nitrogens with one attached hydrogen (secondary N) is 1. The van der Waals surface area contributed by atoms with Crippen molar-refractivity contribution in [2.24, 2.45) is 5.10 Å². The van der Waals surface area contributed by atoms with Crippen LogP contribution in [0.5, 0.6) is 11.5 Å². The van der Waals surface area contributed by atoms with Gasteiger partial charge in [0, 0.05) is 10.4 Å². The summed E-state index contributed by atoms with van der Waals surface area (Å²) in [6.45, 7) is 4.36. The van der Waals surface area contributed by atoms with Gasteiger partial charge in [-0.05, 0) is 49.7 Å². The molecule has 0 atom stereocenters. The molecule has 0 saturated carbocycles. The summed E-state index contributed by atoms with van der Waals surface area (Å²) >= 11 is 1.54. The summed E-state index contributed by atoms with van der Waals surface area (Å²) < 4.78 is 11.2. The van der Waals surface area contributed by atoms with Gasteiger partial charge in [0.25, 0.3) is 0 Å². The molecule has 33 heavy (non-hydrogen) atoms. The Labute approximate surface area is 196 Å². The van der Waals surface area contributed by atoms with E-state index in [2.05, 4.69) is 15.5 Å². The van der Waals surface area contributed by atoms with Crippen LogP contribution in [0, 0.1) is 6.92 Å². The minimum absolute atomic E-state index is 0.360. The van der Waals surface area contributed by atoms with Crippen LogP contribution < -0.4 is 14.9 Å². The Morgan fingerprint density at radius 1 is 1.03 bits per heavy atom. The first kappa shape index (κ1) is 22.2. The number of aromatic nitrogens is 1. The lowest BCUT2D eigenvalue weighted by atomic mass is 10.1. The zero-order chi connectivity index (χ0) is 23.0. The van der Waals surface area contributed by atoms with E-state index in [0.717, 1.165) is 21.7 Å². The normalized spacial score (nSPS) is 10.8. The van der Waals surface area contributed by atoms with Gasteiger partial charge in [0.2, 0.25) is 5.13 Å². The molecule has 0 radical (unpaired) electrons. The Morgan fingerprint density at radius 2 is 1.76 bits per heavy atom. The van der Waals surface area contributed by atoms with Crippen LogP contribution in [0.3, 0.4) is 0 Å². The number of hydrogen-bond acceptors (Lipinski definition) is 7. The summed E-state index contributed by atoms with van der Waals surface area (Å²) in [5.74, 6) is 0.397. The average molecular weight is 458 g/mol. The summed E-state index contributed by atoms with van der Waals surface area (Å²) in [6.07, 6.45) is 1.67. The Bertz CT molecular complexity index is 1250. The van der Waals surface area contributed by atoms with E-state index in [4.69, 9.17) is 9.47 Å². The second-order valence-electron chi connectivity index (χ2n) is 7.05. The van der Waals surface area contributed by atoms with Crippen molar-refractivity contribution in [2.45, 2.75) is 13.8 Å². The number of esters is 1. The van der Waals surface area contributed by atoms with Crippen LogP contribution in [-0.2, 0) is 0 Å². The molecule has 0 fully saturated rings. The van der Waals surface area contributed by atoms with Gasteiger partial charge in [0.1, 0.15) is 0 Å². The predicted molar refractivity (Wildman–Crippen MR) is 133 cm³/mol. The number of carbonyl (C=O) groups is 1. The molecule has 3 aromatic carbocycles. The maximum atomic E-state index is 12.4. The standard InChI is InChI=1S/C26H23N3O3S/c1-3-31-23-16-19(14-15-22(23)32-25(30)21-12-8-5-9-13-21)17-27-29-26-28-24(18(2)33-26)20-10-6-4-7-11-20/h4-17H,3H2,1-2H3,(H,28,29)/b27-17-. The minimum Gasteiger partial charge on any atom is -0.490 e. The molecular weight excluding hydrogens is 434 g/mol. The quantitative estimate of drug-likeness (QED) is 0.148. The zero-order valence-corrected chi connectivity index (χ0v) is 19.1. The summed E-state index contributed by atoms with van der Waals surface area (Å²) in [5, 5.41) is 5.02. The first-order valence-corrected chi connectivity index (χ1v) is 11.3. The fourth-order valence-corrected chi connectivity index (χ4v) is 3.95. The van der Waals surface area contributed by atoms with Crippen molar-refractivity contribution < 1.29 is 14.3 Å². The molecule has 6 nitrogen and oxygen atoms in total. The topological polar surface area (TPSA) is 72.8 Å². The van der Waals surface area contributed by atoms with E-state index >= 15 is 0 Å². The average Bonchev–Trinajstić information content (AvgIpc) is 3.22. The van der Waals surface area contributed by atoms with Crippen molar-refractivity contribution >= 4 is 28.7 Å². The highest BCUT2D eigenvalue weighted by atomic mass is 32.1. The van der Waals surface area contributed by atoms with E-state index in [0.29, 0.717) is 28.8 Å². The van der Waals surface area contributed by atoms with Gasteiger partial charge in [0.05, 0.1) is 24.1 Å². The molecule has 0 saturated heterocycles. The lowest BCUT2D eigenvalue weighted by Gasteiger charge is -2.11. The highest BCUT2D eigenvalue weighted by Crippen LogP contribution is 2.31. The fourth-order valence-electron chi connectivity index (χ4n) is 3.16. The molecule has 7 heteroatoms. The Balaban J connectivity index is 1.46. The molecule has 0 aliphatic rings. The van der Waals surface area contributed by atoms with Crippen LogP contribution in [0.1, 0.15) is 27.7 Å². The molecule has 4 rings (SSSR count). The molecule has 0 unspecified atom stereocenters. The van der Waals surface area contributed by atoms with E-state index in [-0.39, 0.29) is 0 Å². The third-order valence-electron chi connectivity index (χ3n) is 4.70. The molecule has 4 aromatic rings. The van der Waals surface area contributed by atoms with Crippen LogP contribution in [0.15, 0.2) is 84.0 Å². The maximum Gasteiger partial charge on any atom is 0.343 e. The Hall–Kier alpha value is -3.97. The third-order valence-corrected chi connectivity index (χ3v) is 5.57. The van der Waals surface area contributed by atoms with Crippen LogP contribution in [0.25, 0.3) is 11.3 Å². The van der Waals surface area contributed by atoms with E-state index < -0.39 is 5.97 Å². The first-order valence-electron chi connectivity index (χ1n) is 10.5. The third kappa shape index (κ3) is 5.64. The molecule has 0 aliphatic heterocycles. The van der Waals surface area contributed by atoms with Gasteiger partial charge in [-0.1, -0.05) is 48.5 Å². The smallest absolute Gasteiger partial charge is 0.343 e. The van der Waals surface area contributed by atoms with Gasteiger partial charge in [-0.3, -0.25) is 5.43 Å². The molecule has 166 valence electrons. The van der Waals surface area contributed by atoms with Gasteiger partial charge in [-0.2, -0.15) is 5.10 Å². The molecule has 1 N–H and O–H groups in total. The van der Waals surface area contributed by atoms with Crippen molar-refractivity contribution in [1.29, 1.82) is 0 Å². The number of hydrogen-bond donors (Lipinski definition) is 1. The van der Waals surface area contributed by atoms with E-state index in [1.54, 1.807) is 53.9 Å². The zero-order valence-electron chi connectivity index (χ0n) is 18.3. The van der Waals surface area contributed by atoms with Crippen molar-refractivity contribution in [2.75, 3.05) is 12.0 Å². The summed E-state index contributed by atoms with van der Waals surface area (Å²) in [5.41, 5.74) is 6.28. The number of aryl methyl sites for hydroxylation is 1. The number of thiazole rings is 1. The summed E-state index contributed by atoms with van der Waals surface area (Å²) in [7, 11) is 0. The highest BCUT2D eigenvalue weighted by molar-refractivity contribution is 7.15. The number of nitrogens with zero attached hydrogens (tertiary/aromatic N) is 2. The predicted octanol–water partition coefficient (Wildman–Crippen LogP) is 6.18. The van der Waals surface area contributed by atoms with Gasteiger partial charge in [-0.15, -0.1) is 11.3 Å². The van der Waals surface area contributed by atoms with Crippen molar-refractivity contribution in [3.8, 4) is 22.8 Å². The number of carbonyl (C=O) groups excluding carboxylic acids is 1. The monoisotopic (exact) mass is 457 g/mol. The number of hydrazone groups is 1. The number of rotatable bonds is 8. The molecular formula is C26H23N3O3S. The molecule has 0 spiro atoms. The highest BCUT2D eigenvalue weighted by Gasteiger charge is 2.13. The van der Waals surface area contributed by atoms with Gasteiger partial charge in [-0.25, -0.2) is 9.78 Å². The van der Waals surface area contributed by atoms with Gasteiger partial charge < -0.3 is 9.47 Å². The fraction of sp³-hybridized carbons (Fsp3) is 0.115. The van der Waals surface area contributed by atoms with Crippen LogP contribution in [0.4, 0.5) is 5.13 Å². The largest absolute Gasteiger partial charge is 0.490 e. The van der Waals surface area contributed by atoms with Crippen molar-refractivity contribution in [3.63, 3.8) is 0 Å². The van der Waals surface area contributed by atoms with Gasteiger partial charge in [0.15, 0.2) is 11.5 Å². The van der Waals surface area contributed by atoms with Crippen molar-refractivity contribution in [3.05, 3.63) is 94.9 Å². The summed E-state index contributed by atoms with van der Waals surface area (Å²) in [6, 6.07) is 24.2. The Morgan fingerprint density at radius 3 is 2.48 bits per heavy atom. The molecule has 1 aromatic heterocycles. The number of benzene rings is 3. The molecule has 0 bridgehead atoms. The minimum atomic E-state index is -0.437. The molecule has 1 heterocycles. The van der Waals surface area contributed by atoms with Crippen LogP contribution in [-0.4, -0.2) is 23.8 Å². The van der Waals surface area contributed by atoms with E-state index in [1.165, 1.54) is 0 Å². The maximum absolute atomic E-state index is 12.4. The summed E-state index contributed by atoms with van der Waals surface area (Å²) in [4.78, 5) is 18.2. The number of ether oxygens (including phenoxy) is 2. The second-order valence-corrected chi connectivity index (χ2v) is 8.26. The van der Waals surface area contributed by atoms with Gasteiger partial charge >= 0.3 is 5.97 Å². The lowest BCUT2D eigenvalue weighted by Crippen LogP contribution is -2.09. The van der Waals surface area contributed by atoms with E-state index in [9.17, 15) is 4.79 Å². The van der Waals surface area contributed by atoms with E-state index in [1.807, 2.05) is 56.3 Å². The SMILES string of the molecule is CCOc1cc(/C=N\Nc2nc(-c3ccccc3)c(C)s2)ccc1OC(=O)c1ccccc1. The molecule has 0 amide bonds. The van der Waals surface area contributed by atoms with Crippen LogP contribution >= 0.6 is 11.3 Å². The molecule has 0 aliphatic carbocycles. The number of anilines is 1. The second kappa shape index (κ2) is 10.6. The first-order chi connectivity index (χ1) is 16.1.